The summed E-state index contributed by atoms with van der Waals surface area (Å²) < 4.78 is 17.3. The molecule has 0 amide bonds. The number of nitrogens with zero attached hydrogens (tertiary/aromatic N) is 1. The Bertz CT molecular complexity index is 591. The van der Waals surface area contributed by atoms with E-state index in [-0.39, 0.29) is 5.97 Å². The molecule has 2 saturated heterocycles. The molecule has 25 heavy (non-hydrogen) atoms. The van der Waals surface area contributed by atoms with Gasteiger partial charge in [0, 0.05) is 18.4 Å². The Kier molecular flexibility index (Phi) is 5.52. The maximum absolute atomic E-state index is 12.5. The van der Waals surface area contributed by atoms with Gasteiger partial charge in [0.15, 0.2) is 0 Å². The van der Waals surface area contributed by atoms with Gasteiger partial charge in [0.1, 0.15) is 18.1 Å². The molecule has 0 radical (unpaired) electrons. The number of methoxy groups -OCH3 is 2. The quantitative estimate of drug-likeness (QED) is 0.605. The number of hydrogen-bond donors (Lipinski definition) is 0. The van der Waals surface area contributed by atoms with E-state index in [0.29, 0.717) is 35.6 Å². The summed E-state index contributed by atoms with van der Waals surface area (Å²) in [5.74, 6) is 1.37. The molecule has 0 aromatic heterocycles. The minimum atomic E-state index is -0.298. The summed E-state index contributed by atoms with van der Waals surface area (Å²) in [6, 6.07) is 5.79. The Hall–Kier alpha value is -1.75. The predicted molar refractivity (Wildman–Crippen MR) is 96.1 cm³/mol. The fraction of sp³-hybridized carbons (Fsp3) is 0.650. The van der Waals surface area contributed by atoms with E-state index in [4.69, 9.17) is 14.2 Å². The van der Waals surface area contributed by atoms with E-state index in [1.54, 1.807) is 32.4 Å². The van der Waals surface area contributed by atoms with E-state index < -0.39 is 0 Å². The number of piperidine rings is 2. The third kappa shape index (κ3) is 3.92. The van der Waals surface area contributed by atoms with Crippen LogP contribution < -0.4 is 9.47 Å². The third-order valence-corrected chi connectivity index (χ3v) is 6.02. The smallest absolute Gasteiger partial charge is 0.338 e. The first-order chi connectivity index (χ1) is 12.1. The number of carbonyl (C=O) groups is 1. The molecule has 0 bridgehead atoms. The molecular formula is C20H30NO4+. The minimum Gasteiger partial charge on any atom is -0.497 e. The molecule has 138 valence electrons. The Balaban J connectivity index is 1.65. The molecule has 0 aliphatic carbocycles. The molecule has 0 spiro atoms. The van der Waals surface area contributed by atoms with E-state index in [2.05, 4.69) is 7.05 Å². The van der Waals surface area contributed by atoms with E-state index >= 15 is 0 Å². The number of esters is 1. The van der Waals surface area contributed by atoms with Gasteiger partial charge in [0.25, 0.3) is 0 Å². The second-order valence-electron chi connectivity index (χ2n) is 7.59. The Morgan fingerprint density at radius 1 is 1.04 bits per heavy atom. The van der Waals surface area contributed by atoms with Crippen molar-refractivity contribution in [3.63, 3.8) is 0 Å². The zero-order valence-electron chi connectivity index (χ0n) is 15.6. The maximum atomic E-state index is 12.5. The lowest BCUT2D eigenvalue weighted by Crippen LogP contribution is -2.61. The summed E-state index contributed by atoms with van der Waals surface area (Å²) >= 11 is 0. The van der Waals surface area contributed by atoms with Crippen LogP contribution in [0.5, 0.6) is 11.5 Å². The molecule has 0 N–H and O–H groups in total. The molecular weight excluding hydrogens is 318 g/mol. The van der Waals surface area contributed by atoms with E-state index in [1.807, 2.05) is 0 Å². The van der Waals surface area contributed by atoms with Crippen LogP contribution >= 0.6 is 0 Å². The van der Waals surface area contributed by atoms with Gasteiger partial charge in [-0.25, -0.2) is 4.79 Å². The fourth-order valence-corrected chi connectivity index (χ4v) is 4.62. The lowest BCUT2D eigenvalue weighted by atomic mass is 9.82. The molecule has 2 aliphatic rings. The second kappa shape index (κ2) is 7.65. The van der Waals surface area contributed by atoms with Gasteiger partial charge in [-0.05, 0) is 37.8 Å². The number of rotatable bonds is 5. The summed E-state index contributed by atoms with van der Waals surface area (Å²) in [5.41, 5.74) is 0.480. The van der Waals surface area contributed by atoms with Gasteiger partial charge in [-0.3, -0.25) is 0 Å². The van der Waals surface area contributed by atoms with Crippen LogP contribution in [0.15, 0.2) is 18.2 Å². The Morgan fingerprint density at radius 2 is 1.72 bits per heavy atom. The SMILES string of the molecule is COc1cc(OC)cc(C(=O)OC[C@@H]2CCC[N@@+]3(C)CCCC[C@H]23)c1. The van der Waals surface area contributed by atoms with Gasteiger partial charge in [0.05, 0.1) is 46.0 Å². The fourth-order valence-electron chi connectivity index (χ4n) is 4.62. The average molecular weight is 348 g/mol. The second-order valence-corrected chi connectivity index (χ2v) is 7.59. The third-order valence-electron chi connectivity index (χ3n) is 6.02. The van der Waals surface area contributed by atoms with Crippen LogP contribution in [0.25, 0.3) is 0 Å². The van der Waals surface area contributed by atoms with E-state index in [0.717, 1.165) is 10.9 Å². The molecule has 3 atom stereocenters. The van der Waals surface area contributed by atoms with Crippen LogP contribution in [0, 0.1) is 5.92 Å². The first kappa shape index (κ1) is 18.1. The minimum absolute atomic E-state index is 0.298. The van der Waals surface area contributed by atoms with Crippen molar-refractivity contribution in [3.05, 3.63) is 23.8 Å². The molecule has 5 heteroatoms. The first-order valence-electron chi connectivity index (χ1n) is 9.30. The number of carbonyl (C=O) groups excluding carboxylic acids is 1. The van der Waals surface area contributed by atoms with Crippen molar-refractivity contribution in [1.82, 2.24) is 0 Å². The number of fused-ring (bicyclic) bond motifs is 1. The van der Waals surface area contributed by atoms with Gasteiger partial charge in [-0.2, -0.15) is 0 Å². The van der Waals surface area contributed by atoms with Gasteiger partial charge < -0.3 is 18.7 Å². The van der Waals surface area contributed by atoms with E-state index in [9.17, 15) is 4.79 Å². The molecule has 2 aliphatic heterocycles. The van der Waals surface area contributed by atoms with Crippen molar-refractivity contribution < 1.29 is 23.5 Å². The zero-order chi connectivity index (χ0) is 17.9. The highest BCUT2D eigenvalue weighted by Crippen LogP contribution is 2.36. The van der Waals surface area contributed by atoms with Crippen LogP contribution in [-0.4, -0.2) is 57.5 Å². The van der Waals surface area contributed by atoms with Crippen LogP contribution in [-0.2, 0) is 4.74 Å². The normalized spacial score (nSPS) is 28.8. The average Bonchev–Trinajstić information content (AvgIpc) is 2.64. The van der Waals surface area contributed by atoms with Gasteiger partial charge in [-0.15, -0.1) is 0 Å². The van der Waals surface area contributed by atoms with Crippen molar-refractivity contribution >= 4 is 5.97 Å². The Labute approximate surface area is 150 Å². The summed E-state index contributed by atoms with van der Waals surface area (Å²) in [6.07, 6.45) is 6.26. The highest BCUT2D eigenvalue weighted by molar-refractivity contribution is 5.90. The van der Waals surface area contributed by atoms with Crippen molar-refractivity contribution in [2.24, 2.45) is 5.92 Å². The van der Waals surface area contributed by atoms with Crippen molar-refractivity contribution in [2.45, 2.75) is 38.1 Å². The molecule has 2 heterocycles. The van der Waals surface area contributed by atoms with Gasteiger partial charge >= 0.3 is 5.97 Å². The summed E-state index contributed by atoms with van der Waals surface area (Å²) in [6.45, 7) is 3.04. The van der Waals surface area contributed by atoms with Gasteiger partial charge in [0.2, 0.25) is 0 Å². The molecule has 0 saturated carbocycles. The molecule has 3 rings (SSSR count). The number of quaternary nitrogens is 1. The lowest BCUT2D eigenvalue weighted by Gasteiger charge is -2.51. The van der Waals surface area contributed by atoms with Crippen LogP contribution in [0.1, 0.15) is 42.5 Å². The molecule has 0 unspecified atom stereocenters. The number of benzene rings is 1. The van der Waals surface area contributed by atoms with E-state index in [1.165, 1.54) is 38.8 Å². The van der Waals surface area contributed by atoms with Crippen LogP contribution in [0.2, 0.25) is 0 Å². The summed E-state index contributed by atoms with van der Waals surface area (Å²) in [4.78, 5) is 12.5. The molecule has 1 aromatic carbocycles. The topological polar surface area (TPSA) is 44.8 Å². The van der Waals surface area contributed by atoms with Crippen molar-refractivity contribution in [1.29, 1.82) is 0 Å². The molecule has 5 nitrogen and oxygen atoms in total. The van der Waals surface area contributed by atoms with Crippen molar-refractivity contribution in [2.75, 3.05) is 41.0 Å². The zero-order valence-corrected chi connectivity index (χ0v) is 15.6. The highest BCUT2D eigenvalue weighted by atomic mass is 16.5. The summed E-state index contributed by atoms with van der Waals surface area (Å²) in [5, 5.41) is 0. The first-order valence-corrected chi connectivity index (χ1v) is 9.30. The number of ether oxygens (including phenoxy) is 3. The van der Waals surface area contributed by atoms with Crippen molar-refractivity contribution in [3.8, 4) is 11.5 Å². The highest BCUT2D eigenvalue weighted by Gasteiger charge is 2.43. The van der Waals surface area contributed by atoms with Crippen LogP contribution in [0.4, 0.5) is 0 Å². The monoisotopic (exact) mass is 348 g/mol. The molecule has 2 fully saturated rings. The maximum Gasteiger partial charge on any atom is 0.338 e. The Morgan fingerprint density at radius 3 is 2.40 bits per heavy atom. The lowest BCUT2D eigenvalue weighted by molar-refractivity contribution is -0.947. The summed E-state index contributed by atoms with van der Waals surface area (Å²) in [7, 11) is 5.53. The standard InChI is InChI=1S/C20H30NO4/c1-21-9-5-4-8-19(21)15(7-6-10-21)14-25-20(22)16-11-17(23-2)13-18(12-16)24-3/h11-13,15,19H,4-10,14H2,1-3H3/q+1/t15-,19+,21+/m0/s1. The predicted octanol–water partition coefficient (Wildman–Crippen LogP) is 3.27. The number of hydrogen-bond acceptors (Lipinski definition) is 4. The largest absolute Gasteiger partial charge is 0.497 e. The molecule has 1 aromatic rings. The van der Waals surface area contributed by atoms with Crippen LogP contribution in [0.3, 0.4) is 0 Å². The van der Waals surface area contributed by atoms with Gasteiger partial charge in [-0.1, -0.05) is 0 Å².